The van der Waals surface area contributed by atoms with Crippen molar-refractivity contribution in [2.24, 2.45) is 0 Å². The van der Waals surface area contributed by atoms with E-state index in [0.29, 0.717) is 22.9 Å². The second-order valence-corrected chi connectivity index (χ2v) is 8.77. The molecule has 0 bridgehead atoms. The molecule has 0 saturated carbocycles. The van der Waals surface area contributed by atoms with Gasteiger partial charge in [-0.15, -0.1) is 11.3 Å². The highest BCUT2D eigenvalue weighted by Crippen LogP contribution is 2.38. The van der Waals surface area contributed by atoms with E-state index >= 15 is 0 Å². The fourth-order valence-electron chi connectivity index (χ4n) is 2.82. The number of hydrogen-bond donors (Lipinski definition) is 2. The number of amides is 2. The van der Waals surface area contributed by atoms with Crippen LogP contribution in [0.2, 0.25) is 0 Å². The van der Waals surface area contributed by atoms with Crippen molar-refractivity contribution in [1.82, 2.24) is 5.32 Å². The monoisotopic (exact) mass is 452 g/mol. The van der Waals surface area contributed by atoms with E-state index in [2.05, 4.69) is 26.6 Å². The first-order valence-corrected chi connectivity index (χ1v) is 10.3. The summed E-state index contributed by atoms with van der Waals surface area (Å²) in [5, 5.41) is 5.54. The van der Waals surface area contributed by atoms with Crippen LogP contribution in [0.5, 0.6) is 11.5 Å². The Morgan fingerprint density at radius 1 is 1.41 bits per heavy atom. The van der Waals surface area contributed by atoms with Gasteiger partial charge < -0.3 is 20.1 Å². The Kier molecular flexibility index (Phi) is 6.06. The van der Waals surface area contributed by atoms with Crippen LogP contribution >= 0.6 is 27.3 Å². The number of anilines is 1. The normalized spacial score (nSPS) is 16.2. The third kappa shape index (κ3) is 4.62. The Bertz CT molecular complexity index is 867. The molecular formula is C19H21BrN2O4S. The van der Waals surface area contributed by atoms with Crippen molar-refractivity contribution in [1.29, 1.82) is 0 Å². The Morgan fingerprint density at radius 2 is 2.19 bits per heavy atom. The largest absolute Gasteiger partial charge is 0.492 e. The Hall–Kier alpha value is -2.06. The highest BCUT2D eigenvalue weighted by molar-refractivity contribution is 9.11. The van der Waals surface area contributed by atoms with Crippen LogP contribution in [0.3, 0.4) is 0 Å². The lowest BCUT2D eigenvalue weighted by Crippen LogP contribution is -2.41. The number of carbonyl (C=O) groups is 2. The number of carbonyl (C=O) groups excluding carboxylic acids is 2. The Labute approximate surface area is 170 Å². The van der Waals surface area contributed by atoms with Gasteiger partial charge in [0.2, 0.25) is 5.91 Å². The zero-order chi connectivity index (χ0) is 19.6. The van der Waals surface area contributed by atoms with Crippen LogP contribution < -0.4 is 20.1 Å². The highest BCUT2D eigenvalue weighted by atomic mass is 79.9. The van der Waals surface area contributed by atoms with Crippen LogP contribution in [0.15, 0.2) is 28.1 Å². The van der Waals surface area contributed by atoms with Gasteiger partial charge in [0, 0.05) is 18.1 Å². The average Bonchev–Trinajstić information content (AvgIpc) is 3.19. The van der Waals surface area contributed by atoms with Gasteiger partial charge in [-0.3, -0.25) is 9.59 Å². The summed E-state index contributed by atoms with van der Waals surface area (Å²) in [5.74, 6) is 0.736. The van der Waals surface area contributed by atoms with Crippen LogP contribution in [0, 0.1) is 0 Å². The molecule has 144 valence electrons. The third-order valence-corrected chi connectivity index (χ3v) is 5.72. The summed E-state index contributed by atoms with van der Waals surface area (Å²) in [7, 11) is 0. The van der Waals surface area contributed by atoms with Crippen molar-refractivity contribution in [3.63, 3.8) is 0 Å². The molecule has 0 fully saturated rings. The first kappa shape index (κ1) is 19.7. The van der Waals surface area contributed by atoms with Gasteiger partial charge in [-0.1, -0.05) is 0 Å². The number of ether oxygens (including phenoxy) is 2. The van der Waals surface area contributed by atoms with Gasteiger partial charge in [-0.25, -0.2) is 0 Å². The summed E-state index contributed by atoms with van der Waals surface area (Å²) in [6, 6.07) is 6.49. The molecule has 2 unspecified atom stereocenters. The van der Waals surface area contributed by atoms with E-state index < -0.39 is 6.04 Å². The first-order valence-electron chi connectivity index (χ1n) is 8.70. The van der Waals surface area contributed by atoms with Crippen molar-refractivity contribution < 1.29 is 19.1 Å². The van der Waals surface area contributed by atoms with Gasteiger partial charge in [-0.05, 0) is 54.9 Å². The molecule has 2 N–H and O–H groups in total. The van der Waals surface area contributed by atoms with Crippen molar-refractivity contribution in [3.8, 4) is 11.5 Å². The van der Waals surface area contributed by atoms with Crippen molar-refractivity contribution >= 4 is 44.8 Å². The quantitative estimate of drug-likeness (QED) is 0.694. The summed E-state index contributed by atoms with van der Waals surface area (Å²) in [6.45, 7) is 6.01. The third-order valence-electron chi connectivity index (χ3n) is 4.09. The lowest BCUT2D eigenvalue weighted by Gasteiger charge is -2.17. The second-order valence-electron chi connectivity index (χ2n) is 6.31. The maximum atomic E-state index is 12.6. The highest BCUT2D eigenvalue weighted by Gasteiger charge is 2.24. The van der Waals surface area contributed by atoms with Crippen LogP contribution in [-0.4, -0.2) is 30.6 Å². The Morgan fingerprint density at radius 3 is 2.85 bits per heavy atom. The van der Waals surface area contributed by atoms with E-state index in [1.165, 1.54) is 11.3 Å². The van der Waals surface area contributed by atoms with E-state index in [9.17, 15) is 9.59 Å². The van der Waals surface area contributed by atoms with Crippen LogP contribution in [0.4, 0.5) is 5.69 Å². The zero-order valence-corrected chi connectivity index (χ0v) is 17.7. The van der Waals surface area contributed by atoms with E-state index in [-0.39, 0.29) is 17.9 Å². The number of halogens is 1. The molecule has 2 amide bonds. The molecule has 8 heteroatoms. The van der Waals surface area contributed by atoms with Gasteiger partial charge >= 0.3 is 0 Å². The molecular weight excluding hydrogens is 432 g/mol. The summed E-state index contributed by atoms with van der Waals surface area (Å²) >= 11 is 4.64. The predicted octanol–water partition coefficient (Wildman–Crippen LogP) is 3.99. The zero-order valence-electron chi connectivity index (χ0n) is 15.3. The van der Waals surface area contributed by atoms with Crippen LogP contribution in [0.1, 0.15) is 36.0 Å². The molecule has 2 heterocycles. The van der Waals surface area contributed by atoms with Gasteiger partial charge in [0.1, 0.15) is 23.6 Å². The first-order chi connectivity index (χ1) is 12.9. The lowest BCUT2D eigenvalue weighted by molar-refractivity contribution is -0.117. The molecule has 1 aliphatic rings. The van der Waals surface area contributed by atoms with E-state index in [1.807, 2.05) is 19.9 Å². The van der Waals surface area contributed by atoms with Gasteiger partial charge in [0.15, 0.2) is 0 Å². The molecule has 1 aliphatic heterocycles. The SMILES string of the molecule is CCOc1cc2c(cc1NC(=O)C(C)NC(=O)c1ccc(Br)s1)OC(C)C2. The second kappa shape index (κ2) is 8.31. The van der Waals surface area contributed by atoms with E-state index in [4.69, 9.17) is 9.47 Å². The fraction of sp³-hybridized carbons (Fsp3) is 0.368. The lowest BCUT2D eigenvalue weighted by atomic mass is 10.1. The summed E-state index contributed by atoms with van der Waals surface area (Å²) in [5.41, 5.74) is 1.60. The number of thiophene rings is 1. The maximum absolute atomic E-state index is 12.6. The van der Waals surface area contributed by atoms with Crippen molar-refractivity contribution in [3.05, 3.63) is 38.5 Å². The molecule has 1 aromatic carbocycles. The summed E-state index contributed by atoms with van der Waals surface area (Å²) in [4.78, 5) is 25.4. The topological polar surface area (TPSA) is 76.7 Å². The molecule has 2 aromatic rings. The van der Waals surface area contributed by atoms with Gasteiger partial charge in [0.25, 0.3) is 5.91 Å². The van der Waals surface area contributed by atoms with E-state index in [0.717, 1.165) is 21.5 Å². The van der Waals surface area contributed by atoms with Crippen LogP contribution in [-0.2, 0) is 11.2 Å². The minimum atomic E-state index is -0.707. The molecule has 0 aliphatic carbocycles. The summed E-state index contributed by atoms with van der Waals surface area (Å²) < 4.78 is 12.3. The number of rotatable bonds is 6. The van der Waals surface area contributed by atoms with Gasteiger partial charge in [-0.2, -0.15) is 0 Å². The van der Waals surface area contributed by atoms with E-state index in [1.54, 1.807) is 25.1 Å². The molecule has 0 spiro atoms. The average molecular weight is 453 g/mol. The molecule has 0 saturated heterocycles. The number of hydrogen-bond acceptors (Lipinski definition) is 5. The molecule has 3 rings (SSSR count). The molecule has 1 aromatic heterocycles. The van der Waals surface area contributed by atoms with Crippen molar-refractivity contribution in [2.45, 2.75) is 39.3 Å². The molecule has 0 radical (unpaired) electrons. The maximum Gasteiger partial charge on any atom is 0.262 e. The number of benzene rings is 1. The number of nitrogens with one attached hydrogen (secondary N) is 2. The number of fused-ring (bicyclic) bond motifs is 1. The molecule has 27 heavy (non-hydrogen) atoms. The summed E-state index contributed by atoms with van der Waals surface area (Å²) in [6.07, 6.45) is 0.913. The molecule has 2 atom stereocenters. The van der Waals surface area contributed by atoms with Gasteiger partial charge in [0.05, 0.1) is 21.0 Å². The minimum Gasteiger partial charge on any atom is -0.492 e. The predicted molar refractivity (Wildman–Crippen MR) is 109 cm³/mol. The smallest absolute Gasteiger partial charge is 0.262 e. The molecule has 6 nitrogen and oxygen atoms in total. The standard InChI is InChI=1S/C19H21BrN2O4S/c1-4-25-15-8-12-7-10(2)26-14(12)9-13(15)22-18(23)11(3)21-19(24)16-5-6-17(20)27-16/h5-6,8-11H,4,7H2,1-3H3,(H,21,24)(H,22,23). The van der Waals surface area contributed by atoms with Crippen LogP contribution in [0.25, 0.3) is 0 Å². The fourth-order valence-corrected chi connectivity index (χ4v) is 4.11. The van der Waals surface area contributed by atoms with Crippen molar-refractivity contribution in [2.75, 3.05) is 11.9 Å². The minimum absolute atomic E-state index is 0.101. The Balaban J connectivity index is 1.71.